The van der Waals surface area contributed by atoms with Gasteiger partial charge in [-0.25, -0.2) is 4.98 Å². The molecule has 0 aliphatic carbocycles. The lowest BCUT2D eigenvalue weighted by atomic mass is 10.3. The minimum Gasteiger partial charge on any atom is -0.479 e. The Morgan fingerprint density at radius 2 is 2.08 bits per heavy atom. The molecule has 0 amide bonds. The number of ether oxygens (including phenoxy) is 1. The monoisotopic (exact) mass is 390 g/mol. The van der Waals surface area contributed by atoms with E-state index in [9.17, 15) is 0 Å². The number of rotatable bonds is 6. The molecular weight excluding hydrogens is 375 g/mol. The Kier molecular flexibility index (Phi) is 5.45. The third kappa shape index (κ3) is 3.52. The average molecular weight is 391 g/mol. The summed E-state index contributed by atoms with van der Waals surface area (Å²) in [6, 6.07) is 7.43. The lowest BCUT2D eigenvalue weighted by Gasteiger charge is -2.18. The Balaban J connectivity index is 1.99. The van der Waals surface area contributed by atoms with Crippen molar-refractivity contribution in [2.75, 3.05) is 19.1 Å². The minimum absolute atomic E-state index is 0.423. The van der Waals surface area contributed by atoms with Crippen molar-refractivity contribution in [3.05, 3.63) is 34.4 Å². The summed E-state index contributed by atoms with van der Waals surface area (Å²) in [5.41, 5.74) is 2.16. The van der Waals surface area contributed by atoms with Gasteiger partial charge in [0.05, 0.1) is 29.4 Å². The van der Waals surface area contributed by atoms with Gasteiger partial charge < -0.3 is 9.64 Å². The Bertz CT molecular complexity index is 981. The number of hydrogen-bond acceptors (Lipinski definition) is 6. The van der Waals surface area contributed by atoms with E-state index in [1.165, 1.54) is 0 Å². The van der Waals surface area contributed by atoms with Gasteiger partial charge in [0.2, 0.25) is 11.8 Å². The van der Waals surface area contributed by atoms with E-state index in [-0.39, 0.29) is 0 Å². The van der Waals surface area contributed by atoms with E-state index in [0.29, 0.717) is 52.3 Å². The zero-order chi connectivity index (χ0) is 18.7. The van der Waals surface area contributed by atoms with E-state index >= 15 is 0 Å². The molecule has 2 heterocycles. The number of aromatic nitrogens is 4. The number of methoxy groups -OCH3 is 1. The molecule has 0 aliphatic heterocycles. The molecule has 3 aromatic rings. The highest BCUT2D eigenvalue weighted by Crippen LogP contribution is 2.31. The highest BCUT2D eigenvalue weighted by molar-refractivity contribution is 6.42. The maximum absolute atomic E-state index is 8.70. The number of nitriles is 1. The van der Waals surface area contributed by atoms with Crippen LogP contribution in [0, 0.1) is 11.3 Å². The van der Waals surface area contributed by atoms with Gasteiger partial charge in [-0.05, 0) is 24.6 Å². The second kappa shape index (κ2) is 7.77. The minimum atomic E-state index is 0.423. The van der Waals surface area contributed by atoms with Crippen LogP contribution in [0.15, 0.2) is 24.4 Å². The summed E-state index contributed by atoms with van der Waals surface area (Å²) in [4.78, 5) is 10.9. The highest BCUT2D eigenvalue weighted by Gasteiger charge is 2.17. The number of aryl methyl sites for hydroxylation is 1. The van der Waals surface area contributed by atoms with Crippen LogP contribution in [0.25, 0.3) is 11.0 Å². The van der Waals surface area contributed by atoms with Crippen molar-refractivity contribution in [2.24, 2.45) is 0 Å². The smallest absolute Gasteiger partial charge is 0.244 e. The molecule has 0 aliphatic rings. The fourth-order valence-electron chi connectivity index (χ4n) is 2.53. The van der Waals surface area contributed by atoms with Crippen LogP contribution in [-0.2, 0) is 6.54 Å². The predicted octanol–water partition coefficient (Wildman–Crippen LogP) is 4.21. The average Bonchev–Trinajstić information content (AvgIpc) is 3.06. The number of hydrogen-bond donors (Lipinski definition) is 0. The van der Waals surface area contributed by atoms with Crippen molar-refractivity contribution < 1.29 is 4.74 Å². The quantitative estimate of drug-likeness (QED) is 0.586. The van der Waals surface area contributed by atoms with Crippen LogP contribution in [0.4, 0.5) is 11.6 Å². The van der Waals surface area contributed by atoms with E-state index in [0.717, 1.165) is 5.69 Å². The zero-order valence-electron chi connectivity index (χ0n) is 14.3. The normalized spacial score (nSPS) is 10.7. The van der Waals surface area contributed by atoms with Crippen molar-refractivity contribution in [1.82, 2.24) is 19.7 Å². The highest BCUT2D eigenvalue weighted by atomic mass is 35.5. The Labute approximate surface area is 160 Å². The maximum atomic E-state index is 8.70. The summed E-state index contributed by atoms with van der Waals surface area (Å²) in [5.74, 6) is 0.871. The van der Waals surface area contributed by atoms with Crippen LogP contribution in [0.3, 0.4) is 0 Å². The molecule has 0 N–H and O–H groups in total. The molecule has 1 aromatic carbocycles. The molecule has 0 fully saturated rings. The first kappa shape index (κ1) is 18.2. The molecule has 0 radical (unpaired) electrons. The molecule has 134 valence electrons. The summed E-state index contributed by atoms with van der Waals surface area (Å²) < 4.78 is 7.21. The van der Waals surface area contributed by atoms with E-state index in [1.54, 1.807) is 35.0 Å². The van der Waals surface area contributed by atoms with Crippen LogP contribution in [0.5, 0.6) is 5.88 Å². The summed E-state index contributed by atoms with van der Waals surface area (Å²) >= 11 is 12.1. The predicted molar refractivity (Wildman–Crippen MR) is 101 cm³/mol. The standard InChI is InChI=1S/C17H16Cl2N6O/c1-24(11-5-6-12(18)13(19)9-11)17-22-14-10-21-25(8-4-3-7-20)15(14)16(23-17)26-2/h5-6,9-10H,3-4,8H2,1-2H3. The van der Waals surface area contributed by atoms with Gasteiger partial charge in [-0.1, -0.05) is 23.2 Å². The van der Waals surface area contributed by atoms with Gasteiger partial charge in [0.15, 0.2) is 0 Å². The molecule has 0 spiro atoms. The molecule has 2 aromatic heterocycles. The molecule has 7 nitrogen and oxygen atoms in total. The fourth-order valence-corrected chi connectivity index (χ4v) is 2.82. The molecular formula is C17H16Cl2N6O. The van der Waals surface area contributed by atoms with E-state index < -0.39 is 0 Å². The topological polar surface area (TPSA) is 79.9 Å². The van der Waals surface area contributed by atoms with Crippen LogP contribution in [0.2, 0.25) is 10.0 Å². The number of benzene rings is 1. The molecule has 0 bridgehead atoms. The molecule has 26 heavy (non-hydrogen) atoms. The van der Waals surface area contributed by atoms with Crippen LogP contribution < -0.4 is 9.64 Å². The van der Waals surface area contributed by atoms with Gasteiger partial charge in [0, 0.05) is 25.7 Å². The van der Waals surface area contributed by atoms with Crippen molar-refractivity contribution in [3.8, 4) is 11.9 Å². The van der Waals surface area contributed by atoms with Gasteiger partial charge in [-0.2, -0.15) is 15.3 Å². The van der Waals surface area contributed by atoms with Crippen LogP contribution in [-0.4, -0.2) is 33.9 Å². The number of nitrogens with zero attached hydrogens (tertiary/aromatic N) is 6. The van der Waals surface area contributed by atoms with Crippen LogP contribution >= 0.6 is 23.2 Å². The number of unbranched alkanes of at least 4 members (excludes halogenated alkanes) is 1. The zero-order valence-corrected chi connectivity index (χ0v) is 15.8. The largest absolute Gasteiger partial charge is 0.479 e. The first-order valence-electron chi connectivity index (χ1n) is 7.88. The van der Waals surface area contributed by atoms with Crippen molar-refractivity contribution in [2.45, 2.75) is 19.4 Å². The Hall–Kier alpha value is -2.56. The lowest BCUT2D eigenvalue weighted by molar-refractivity contribution is 0.399. The van der Waals surface area contributed by atoms with Crippen molar-refractivity contribution in [1.29, 1.82) is 5.26 Å². The van der Waals surface area contributed by atoms with E-state index in [1.807, 2.05) is 13.1 Å². The summed E-state index contributed by atoms with van der Waals surface area (Å²) in [7, 11) is 3.38. The second-order valence-electron chi connectivity index (χ2n) is 5.55. The molecule has 0 saturated heterocycles. The van der Waals surface area contributed by atoms with Gasteiger partial charge in [-0.3, -0.25) is 4.68 Å². The lowest BCUT2D eigenvalue weighted by Crippen LogP contribution is -2.14. The van der Waals surface area contributed by atoms with E-state index in [2.05, 4.69) is 21.1 Å². The van der Waals surface area contributed by atoms with Gasteiger partial charge in [-0.15, -0.1) is 0 Å². The summed E-state index contributed by atoms with van der Waals surface area (Å²) in [6.07, 6.45) is 2.82. The maximum Gasteiger partial charge on any atom is 0.244 e. The molecule has 9 heteroatoms. The first-order valence-corrected chi connectivity index (χ1v) is 8.64. The second-order valence-corrected chi connectivity index (χ2v) is 6.37. The number of anilines is 2. The van der Waals surface area contributed by atoms with Crippen molar-refractivity contribution in [3.63, 3.8) is 0 Å². The van der Waals surface area contributed by atoms with Crippen LogP contribution in [0.1, 0.15) is 12.8 Å². The van der Waals surface area contributed by atoms with E-state index in [4.69, 9.17) is 33.2 Å². The van der Waals surface area contributed by atoms with Gasteiger partial charge in [0.1, 0.15) is 11.0 Å². The number of fused-ring (bicyclic) bond motifs is 1. The Morgan fingerprint density at radius 1 is 1.27 bits per heavy atom. The number of halogens is 2. The van der Waals surface area contributed by atoms with Gasteiger partial charge >= 0.3 is 0 Å². The third-order valence-electron chi connectivity index (χ3n) is 3.89. The molecule has 0 saturated carbocycles. The molecule has 0 atom stereocenters. The Morgan fingerprint density at radius 3 is 2.77 bits per heavy atom. The fraction of sp³-hybridized carbons (Fsp3) is 0.294. The molecule has 3 rings (SSSR count). The van der Waals surface area contributed by atoms with Gasteiger partial charge in [0.25, 0.3) is 0 Å². The van der Waals surface area contributed by atoms with Crippen molar-refractivity contribution >= 4 is 45.9 Å². The SMILES string of the molecule is COc1nc(N(C)c2ccc(Cl)c(Cl)c2)nc2cnn(CCCC#N)c12. The summed E-state index contributed by atoms with van der Waals surface area (Å²) in [5, 5.41) is 14.0. The first-order chi connectivity index (χ1) is 12.5. The molecule has 0 unspecified atom stereocenters. The summed E-state index contributed by atoms with van der Waals surface area (Å²) in [6.45, 7) is 0.596. The third-order valence-corrected chi connectivity index (χ3v) is 4.63.